The molecule has 4 fully saturated rings. The Bertz CT molecular complexity index is 650. The Morgan fingerprint density at radius 2 is 1.57 bits per heavy atom. The first-order valence-corrected chi connectivity index (χ1v) is 8.42. The number of hydrogen-bond acceptors (Lipinski definition) is 2. The van der Waals surface area contributed by atoms with Crippen molar-refractivity contribution in [3.05, 3.63) is 36.5 Å². The molecule has 2 aromatic rings. The van der Waals surface area contributed by atoms with Crippen LogP contribution in [-0.2, 0) is 0 Å². The van der Waals surface area contributed by atoms with Gasteiger partial charge in [0.2, 0.25) is 0 Å². The van der Waals surface area contributed by atoms with Crippen LogP contribution in [0.15, 0.2) is 36.5 Å². The van der Waals surface area contributed by atoms with Crippen molar-refractivity contribution in [3.8, 4) is 0 Å². The normalized spacial score (nSPS) is 37.0. The molecular formula is C19H22N2. The monoisotopic (exact) mass is 278 g/mol. The van der Waals surface area contributed by atoms with Crippen molar-refractivity contribution in [2.45, 2.75) is 44.1 Å². The van der Waals surface area contributed by atoms with Gasteiger partial charge in [-0.1, -0.05) is 18.2 Å². The van der Waals surface area contributed by atoms with Crippen LogP contribution in [0.3, 0.4) is 0 Å². The standard InChI is InChI=1S/C19H22N2/c1-2-4-17-16(3-1)18(5-6-20-17)21-19-10-13-7-14(11-19)9-15(8-13)12-19/h1-6,13-15H,7-12H2,(H,20,21). The van der Waals surface area contributed by atoms with Crippen LogP contribution in [-0.4, -0.2) is 10.5 Å². The van der Waals surface area contributed by atoms with Gasteiger partial charge in [-0.2, -0.15) is 0 Å². The van der Waals surface area contributed by atoms with E-state index in [1.807, 2.05) is 6.20 Å². The summed E-state index contributed by atoms with van der Waals surface area (Å²) in [6, 6.07) is 10.7. The Hall–Kier alpha value is -1.57. The topological polar surface area (TPSA) is 24.9 Å². The SMILES string of the molecule is c1ccc2c(NC34CC5CC(CC(C5)C3)C4)ccnc2c1. The molecule has 4 saturated carbocycles. The highest BCUT2D eigenvalue weighted by Gasteiger charge is 2.50. The van der Waals surface area contributed by atoms with Gasteiger partial charge in [0.05, 0.1) is 5.52 Å². The molecule has 108 valence electrons. The number of fused-ring (bicyclic) bond motifs is 1. The van der Waals surface area contributed by atoms with Crippen LogP contribution >= 0.6 is 0 Å². The minimum atomic E-state index is 0.374. The minimum absolute atomic E-state index is 0.374. The summed E-state index contributed by atoms with van der Waals surface area (Å²) in [6.07, 6.45) is 10.6. The molecule has 1 N–H and O–H groups in total. The first kappa shape index (κ1) is 12.0. The number of aromatic nitrogens is 1. The lowest BCUT2D eigenvalue weighted by Gasteiger charge is -2.57. The molecule has 0 saturated heterocycles. The number of nitrogens with one attached hydrogen (secondary N) is 1. The summed E-state index contributed by atoms with van der Waals surface area (Å²) < 4.78 is 0. The number of hydrogen-bond donors (Lipinski definition) is 1. The van der Waals surface area contributed by atoms with Gasteiger partial charge in [-0.25, -0.2) is 0 Å². The Labute approximate surface area is 126 Å². The van der Waals surface area contributed by atoms with E-state index < -0.39 is 0 Å². The molecule has 0 unspecified atom stereocenters. The van der Waals surface area contributed by atoms with Crippen LogP contribution in [0.5, 0.6) is 0 Å². The average molecular weight is 278 g/mol. The molecule has 6 rings (SSSR count). The molecule has 1 aromatic carbocycles. The van der Waals surface area contributed by atoms with Crippen LogP contribution in [0, 0.1) is 17.8 Å². The Balaban J connectivity index is 1.54. The van der Waals surface area contributed by atoms with Crippen molar-refractivity contribution < 1.29 is 0 Å². The fourth-order valence-electron chi connectivity index (χ4n) is 5.75. The molecule has 1 aromatic heterocycles. The third kappa shape index (κ3) is 1.88. The van der Waals surface area contributed by atoms with Gasteiger partial charge in [0.15, 0.2) is 0 Å². The third-order valence-electron chi connectivity index (χ3n) is 6.09. The summed E-state index contributed by atoms with van der Waals surface area (Å²) in [6.45, 7) is 0. The number of nitrogens with zero attached hydrogens (tertiary/aromatic N) is 1. The van der Waals surface area contributed by atoms with Gasteiger partial charge in [-0.3, -0.25) is 4.98 Å². The largest absolute Gasteiger partial charge is 0.379 e. The second-order valence-electron chi connectivity index (χ2n) is 7.70. The van der Waals surface area contributed by atoms with Crippen molar-refractivity contribution in [2.75, 3.05) is 5.32 Å². The van der Waals surface area contributed by atoms with Crippen molar-refractivity contribution in [2.24, 2.45) is 17.8 Å². The quantitative estimate of drug-likeness (QED) is 0.867. The second kappa shape index (κ2) is 4.22. The van der Waals surface area contributed by atoms with Gasteiger partial charge in [0.1, 0.15) is 0 Å². The van der Waals surface area contributed by atoms with E-state index in [4.69, 9.17) is 0 Å². The van der Waals surface area contributed by atoms with Crippen molar-refractivity contribution in [3.63, 3.8) is 0 Å². The molecule has 4 aliphatic carbocycles. The maximum absolute atomic E-state index is 4.50. The Morgan fingerprint density at radius 3 is 2.29 bits per heavy atom. The van der Waals surface area contributed by atoms with Crippen LogP contribution in [0.2, 0.25) is 0 Å². The lowest BCUT2D eigenvalue weighted by molar-refractivity contribution is 0.0108. The summed E-state index contributed by atoms with van der Waals surface area (Å²) in [5, 5.41) is 5.26. The molecule has 0 spiro atoms. The van der Waals surface area contributed by atoms with E-state index in [9.17, 15) is 0 Å². The smallest absolute Gasteiger partial charge is 0.0722 e. The van der Waals surface area contributed by atoms with Gasteiger partial charge >= 0.3 is 0 Å². The number of benzene rings is 1. The maximum atomic E-state index is 4.50. The van der Waals surface area contributed by atoms with E-state index in [0.717, 1.165) is 23.3 Å². The van der Waals surface area contributed by atoms with Crippen LogP contribution < -0.4 is 5.32 Å². The van der Waals surface area contributed by atoms with E-state index in [1.54, 1.807) is 0 Å². The third-order valence-corrected chi connectivity index (χ3v) is 6.09. The molecule has 0 aliphatic heterocycles. The van der Waals surface area contributed by atoms with Gasteiger partial charge < -0.3 is 5.32 Å². The molecule has 21 heavy (non-hydrogen) atoms. The molecule has 0 atom stereocenters. The van der Waals surface area contributed by atoms with Crippen LogP contribution in [0.1, 0.15) is 38.5 Å². The van der Waals surface area contributed by atoms with Gasteiger partial charge in [-0.05, 0) is 68.4 Å². The molecule has 2 nitrogen and oxygen atoms in total. The lowest BCUT2D eigenvalue weighted by atomic mass is 9.53. The number of para-hydroxylation sites is 1. The van der Waals surface area contributed by atoms with Crippen molar-refractivity contribution in [1.29, 1.82) is 0 Å². The fraction of sp³-hybridized carbons (Fsp3) is 0.526. The van der Waals surface area contributed by atoms with E-state index in [1.165, 1.54) is 49.6 Å². The van der Waals surface area contributed by atoms with E-state index in [0.29, 0.717) is 5.54 Å². The van der Waals surface area contributed by atoms with Crippen LogP contribution in [0.25, 0.3) is 10.9 Å². The first-order chi connectivity index (χ1) is 10.3. The highest BCUT2D eigenvalue weighted by molar-refractivity contribution is 5.91. The van der Waals surface area contributed by atoms with E-state index >= 15 is 0 Å². The average Bonchev–Trinajstić information content (AvgIpc) is 2.46. The number of pyridine rings is 1. The summed E-state index contributed by atoms with van der Waals surface area (Å²) in [5.41, 5.74) is 2.77. The summed E-state index contributed by atoms with van der Waals surface area (Å²) in [4.78, 5) is 4.50. The summed E-state index contributed by atoms with van der Waals surface area (Å²) >= 11 is 0. The van der Waals surface area contributed by atoms with E-state index in [-0.39, 0.29) is 0 Å². The van der Waals surface area contributed by atoms with E-state index in [2.05, 4.69) is 40.6 Å². The molecule has 4 aliphatic rings. The molecule has 0 radical (unpaired) electrons. The Kier molecular flexibility index (Phi) is 2.42. The highest BCUT2D eigenvalue weighted by Crippen LogP contribution is 2.56. The zero-order valence-electron chi connectivity index (χ0n) is 12.4. The highest BCUT2D eigenvalue weighted by atomic mass is 15.0. The van der Waals surface area contributed by atoms with Crippen LogP contribution in [0.4, 0.5) is 5.69 Å². The zero-order valence-corrected chi connectivity index (χ0v) is 12.4. The summed E-state index contributed by atoms with van der Waals surface area (Å²) in [5.74, 6) is 2.95. The predicted octanol–water partition coefficient (Wildman–Crippen LogP) is 4.62. The lowest BCUT2D eigenvalue weighted by Crippen LogP contribution is -2.54. The predicted molar refractivity (Wildman–Crippen MR) is 86.3 cm³/mol. The zero-order chi connectivity index (χ0) is 13.9. The minimum Gasteiger partial charge on any atom is -0.379 e. The van der Waals surface area contributed by atoms with Crippen molar-refractivity contribution >= 4 is 16.6 Å². The molecule has 1 heterocycles. The number of anilines is 1. The molecule has 4 bridgehead atoms. The second-order valence-corrected chi connectivity index (χ2v) is 7.70. The molecule has 2 heteroatoms. The molecular weight excluding hydrogens is 256 g/mol. The van der Waals surface area contributed by atoms with Crippen molar-refractivity contribution in [1.82, 2.24) is 4.98 Å². The number of rotatable bonds is 2. The van der Waals surface area contributed by atoms with Gasteiger partial charge in [-0.15, -0.1) is 0 Å². The molecule has 0 amide bonds. The fourth-order valence-corrected chi connectivity index (χ4v) is 5.75. The van der Waals surface area contributed by atoms with Gasteiger partial charge in [0.25, 0.3) is 0 Å². The Morgan fingerprint density at radius 1 is 0.905 bits per heavy atom. The maximum Gasteiger partial charge on any atom is 0.0722 e. The van der Waals surface area contributed by atoms with Gasteiger partial charge in [0, 0.05) is 22.8 Å². The first-order valence-electron chi connectivity index (χ1n) is 8.42. The summed E-state index contributed by atoms with van der Waals surface area (Å²) in [7, 11) is 0.